The fourth-order valence-electron chi connectivity index (χ4n) is 0.519. The third kappa shape index (κ3) is 1.93. The molecule has 0 amide bonds. The highest BCUT2D eigenvalue weighted by atomic mass is 16.5. The normalized spacial score (nSPS) is 21.0. The molecule has 0 atom stereocenters. The van der Waals surface area contributed by atoms with Gasteiger partial charge in [0.15, 0.2) is 0 Å². The highest BCUT2D eigenvalue weighted by Crippen LogP contribution is 2.26. The maximum atomic E-state index is 5.28. The summed E-state index contributed by atoms with van der Waals surface area (Å²) in [6, 6.07) is 0. The largest absolute Gasteiger partial charge is 0.369 e. The van der Waals surface area contributed by atoms with Crippen molar-refractivity contribution in [2.24, 2.45) is 0 Å². The lowest BCUT2D eigenvalue weighted by atomic mass is 10.5. The number of hydrogen-bond acceptors (Lipinski definition) is 1. The molecule has 0 saturated heterocycles. The monoisotopic (exact) mass is 99.1 g/mol. The van der Waals surface area contributed by atoms with Crippen LogP contribution >= 0.6 is 0 Å². The fraction of sp³-hybridized carbons (Fsp3) is 0.833. The lowest BCUT2D eigenvalue weighted by Gasteiger charge is -2.01. The van der Waals surface area contributed by atoms with E-state index in [9.17, 15) is 0 Å². The molecular weight excluding hydrogens is 88.1 g/mol. The van der Waals surface area contributed by atoms with Crippen LogP contribution in [0.25, 0.3) is 0 Å². The van der Waals surface area contributed by atoms with Crippen molar-refractivity contribution in [3.05, 3.63) is 6.10 Å². The van der Waals surface area contributed by atoms with Crippen molar-refractivity contribution in [1.29, 1.82) is 0 Å². The van der Waals surface area contributed by atoms with Crippen LogP contribution in [0.1, 0.15) is 26.7 Å². The molecule has 0 bridgehead atoms. The van der Waals surface area contributed by atoms with Gasteiger partial charge in [0.1, 0.15) is 0 Å². The lowest BCUT2D eigenvalue weighted by Crippen LogP contribution is -1.94. The third-order valence-corrected chi connectivity index (χ3v) is 0.927. The molecule has 1 aliphatic carbocycles. The molecule has 1 rings (SSSR count). The number of hydrogen-bond donors (Lipinski definition) is 0. The fourth-order valence-corrected chi connectivity index (χ4v) is 0.519. The Morgan fingerprint density at radius 3 is 2.14 bits per heavy atom. The van der Waals surface area contributed by atoms with Crippen LogP contribution in [0.5, 0.6) is 0 Å². The van der Waals surface area contributed by atoms with Gasteiger partial charge in [0.25, 0.3) is 0 Å². The van der Waals surface area contributed by atoms with E-state index in [1.54, 1.807) is 0 Å². The molecule has 1 saturated carbocycles. The maximum Gasteiger partial charge on any atom is 0.0913 e. The van der Waals surface area contributed by atoms with Crippen LogP contribution < -0.4 is 0 Å². The molecule has 7 heavy (non-hydrogen) atoms. The summed E-state index contributed by atoms with van der Waals surface area (Å²) in [5.41, 5.74) is 0. The van der Waals surface area contributed by atoms with E-state index < -0.39 is 0 Å². The van der Waals surface area contributed by atoms with E-state index in [0.29, 0.717) is 6.10 Å². The summed E-state index contributed by atoms with van der Waals surface area (Å²) in [6.45, 7) is 4.00. The first-order valence-electron chi connectivity index (χ1n) is 2.76. The van der Waals surface area contributed by atoms with E-state index in [4.69, 9.17) is 4.74 Å². The molecule has 1 nitrogen and oxygen atoms in total. The molecule has 0 aromatic carbocycles. The van der Waals surface area contributed by atoms with Crippen LogP contribution in [0.2, 0.25) is 0 Å². The zero-order valence-corrected chi connectivity index (χ0v) is 4.90. The summed E-state index contributed by atoms with van der Waals surface area (Å²) in [5, 5.41) is 0. The SMILES string of the molecule is C[C](C)OC1CC1. The molecule has 41 valence electrons. The van der Waals surface area contributed by atoms with E-state index in [-0.39, 0.29) is 0 Å². The summed E-state index contributed by atoms with van der Waals surface area (Å²) in [4.78, 5) is 0. The Morgan fingerprint density at radius 2 is 2.00 bits per heavy atom. The third-order valence-electron chi connectivity index (χ3n) is 0.927. The predicted octanol–water partition coefficient (Wildman–Crippen LogP) is 1.74. The van der Waals surface area contributed by atoms with Gasteiger partial charge in [0, 0.05) is 0 Å². The van der Waals surface area contributed by atoms with Crippen molar-refractivity contribution in [3.8, 4) is 0 Å². The van der Waals surface area contributed by atoms with Crippen molar-refractivity contribution >= 4 is 0 Å². The van der Waals surface area contributed by atoms with Gasteiger partial charge in [0.05, 0.1) is 12.2 Å². The summed E-state index contributed by atoms with van der Waals surface area (Å²) < 4.78 is 5.28. The van der Waals surface area contributed by atoms with Crippen molar-refractivity contribution in [2.45, 2.75) is 32.8 Å². The van der Waals surface area contributed by atoms with E-state index in [2.05, 4.69) is 0 Å². The zero-order chi connectivity index (χ0) is 5.28. The zero-order valence-electron chi connectivity index (χ0n) is 4.90. The van der Waals surface area contributed by atoms with E-state index in [1.807, 2.05) is 13.8 Å². The van der Waals surface area contributed by atoms with Crippen LogP contribution in [-0.2, 0) is 4.74 Å². The minimum absolute atomic E-state index is 0.588. The first-order valence-corrected chi connectivity index (χ1v) is 2.76. The van der Waals surface area contributed by atoms with Gasteiger partial charge in [-0.05, 0) is 26.7 Å². The molecule has 0 heterocycles. The average molecular weight is 99.2 g/mol. The lowest BCUT2D eigenvalue weighted by molar-refractivity contribution is 0.142. The summed E-state index contributed by atoms with van der Waals surface area (Å²) >= 11 is 0. The molecule has 1 heteroatoms. The van der Waals surface area contributed by atoms with Gasteiger partial charge in [-0.2, -0.15) is 0 Å². The van der Waals surface area contributed by atoms with Gasteiger partial charge < -0.3 is 4.74 Å². The van der Waals surface area contributed by atoms with Crippen molar-refractivity contribution in [3.63, 3.8) is 0 Å². The van der Waals surface area contributed by atoms with E-state index >= 15 is 0 Å². The maximum absolute atomic E-state index is 5.28. The Balaban J connectivity index is 1.97. The molecule has 1 radical (unpaired) electrons. The van der Waals surface area contributed by atoms with Gasteiger partial charge >= 0.3 is 0 Å². The van der Waals surface area contributed by atoms with Crippen LogP contribution in [-0.4, -0.2) is 6.10 Å². The Labute approximate surface area is 44.7 Å². The van der Waals surface area contributed by atoms with Gasteiger partial charge in [0.2, 0.25) is 0 Å². The van der Waals surface area contributed by atoms with Gasteiger partial charge in [-0.1, -0.05) is 0 Å². The first-order chi connectivity index (χ1) is 3.29. The van der Waals surface area contributed by atoms with Crippen molar-refractivity contribution in [1.82, 2.24) is 0 Å². The Hall–Kier alpha value is -0.0400. The van der Waals surface area contributed by atoms with Crippen LogP contribution in [0.3, 0.4) is 0 Å². The Kier molecular flexibility index (Phi) is 1.33. The predicted molar refractivity (Wildman–Crippen MR) is 28.7 cm³/mol. The van der Waals surface area contributed by atoms with Crippen molar-refractivity contribution < 1.29 is 4.74 Å². The second-order valence-corrected chi connectivity index (χ2v) is 2.23. The van der Waals surface area contributed by atoms with Gasteiger partial charge in [-0.3, -0.25) is 0 Å². The number of ether oxygens (including phenoxy) is 1. The molecule has 0 aromatic rings. The Morgan fingerprint density at radius 1 is 1.43 bits per heavy atom. The molecule has 1 aliphatic rings. The smallest absolute Gasteiger partial charge is 0.0913 e. The minimum Gasteiger partial charge on any atom is -0.369 e. The van der Waals surface area contributed by atoms with Crippen LogP contribution in [0.4, 0.5) is 0 Å². The average Bonchev–Trinajstić information content (AvgIpc) is 2.17. The summed E-state index contributed by atoms with van der Waals surface area (Å²) in [6.07, 6.45) is 4.23. The topological polar surface area (TPSA) is 9.23 Å². The van der Waals surface area contributed by atoms with E-state index in [1.165, 1.54) is 12.8 Å². The molecule has 0 spiro atoms. The van der Waals surface area contributed by atoms with Gasteiger partial charge in [-0.25, -0.2) is 0 Å². The highest BCUT2D eigenvalue weighted by Gasteiger charge is 2.22. The Bertz CT molecular complexity index is 55.2. The minimum atomic E-state index is 0.588. The molecular formula is C6H11O. The van der Waals surface area contributed by atoms with E-state index in [0.717, 1.165) is 6.10 Å². The van der Waals surface area contributed by atoms with Crippen LogP contribution in [0, 0.1) is 6.10 Å². The molecule has 0 N–H and O–H groups in total. The molecule has 0 aromatic heterocycles. The second kappa shape index (κ2) is 1.83. The molecule has 0 aliphatic heterocycles. The van der Waals surface area contributed by atoms with Crippen molar-refractivity contribution in [2.75, 3.05) is 0 Å². The standard InChI is InChI=1S/C6H11O/c1-5(2)7-6-3-4-6/h6H,3-4H2,1-2H3. The van der Waals surface area contributed by atoms with Crippen LogP contribution in [0.15, 0.2) is 0 Å². The molecule has 0 unspecified atom stereocenters. The number of rotatable bonds is 2. The quantitative estimate of drug-likeness (QED) is 0.512. The summed E-state index contributed by atoms with van der Waals surface area (Å²) in [5.74, 6) is 0. The first kappa shape index (κ1) is 5.10. The molecule has 1 fully saturated rings. The summed E-state index contributed by atoms with van der Waals surface area (Å²) in [7, 11) is 0. The second-order valence-electron chi connectivity index (χ2n) is 2.23. The van der Waals surface area contributed by atoms with Gasteiger partial charge in [-0.15, -0.1) is 0 Å². The highest BCUT2D eigenvalue weighted by molar-refractivity contribution is 4.78.